The number of hydrogen-bond acceptors (Lipinski definition) is 3. The molecule has 0 radical (unpaired) electrons. The number of carbonyl (C=O) groups is 2. The number of amides is 2. The number of nitrogens with one attached hydrogen (secondary N) is 1. The van der Waals surface area contributed by atoms with Gasteiger partial charge in [-0.25, -0.2) is 4.39 Å². The number of nitrogens with two attached hydrogens (primary N) is 1. The minimum Gasteiger partial charge on any atom is -0.334 e. The number of hydrogen-bond donors (Lipinski definition) is 2. The van der Waals surface area contributed by atoms with E-state index in [2.05, 4.69) is 5.32 Å². The van der Waals surface area contributed by atoms with Gasteiger partial charge in [-0.05, 0) is 46.4 Å². The average Bonchev–Trinajstić information content (AvgIpc) is 2.79. The van der Waals surface area contributed by atoms with Gasteiger partial charge in [-0.3, -0.25) is 9.59 Å². The van der Waals surface area contributed by atoms with E-state index in [0.717, 1.165) is 16.7 Å². The van der Waals surface area contributed by atoms with Crippen molar-refractivity contribution in [1.82, 2.24) is 4.90 Å². The quantitative estimate of drug-likeness (QED) is 0.465. The average molecular weight is 462 g/mol. The third-order valence-corrected chi connectivity index (χ3v) is 5.35. The first-order chi connectivity index (χ1) is 16.1. The highest BCUT2D eigenvalue weighted by molar-refractivity contribution is 6.04. The van der Waals surface area contributed by atoms with Crippen LogP contribution < -0.4 is 11.1 Å². The highest BCUT2D eigenvalue weighted by Gasteiger charge is 2.23. The second-order valence-corrected chi connectivity index (χ2v) is 9.63. The maximum absolute atomic E-state index is 13.6. The second kappa shape index (κ2) is 11.1. The van der Waals surface area contributed by atoms with Crippen LogP contribution in [0.3, 0.4) is 0 Å². The van der Waals surface area contributed by atoms with Crippen molar-refractivity contribution in [1.29, 1.82) is 0 Å². The lowest BCUT2D eigenvalue weighted by molar-refractivity contribution is -0.134. The highest BCUT2D eigenvalue weighted by Crippen LogP contribution is 2.24. The van der Waals surface area contributed by atoms with E-state index in [1.54, 1.807) is 17.0 Å². The van der Waals surface area contributed by atoms with Gasteiger partial charge in [0.2, 0.25) is 5.91 Å². The van der Waals surface area contributed by atoms with Gasteiger partial charge in [-0.15, -0.1) is 0 Å². The van der Waals surface area contributed by atoms with E-state index >= 15 is 0 Å². The number of rotatable bonds is 8. The first kappa shape index (κ1) is 25.1. The Balaban J connectivity index is 1.86. The van der Waals surface area contributed by atoms with E-state index < -0.39 is 11.7 Å². The Hall–Kier alpha value is -3.51. The molecule has 0 fully saturated rings. The van der Waals surface area contributed by atoms with Crippen LogP contribution in [-0.2, 0) is 24.4 Å². The summed E-state index contributed by atoms with van der Waals surface area (Å²) in [5.41, 5.74) is 9.23. The fourth-order valence-corrected chi connectivity index (χ4v) is 3.68. The fourth-order valence-electron chi connectivity index (χ4n) is 3.68. The summed E-state index contributed by atoms with van der Waals surface area (Å²) in [5.74, 6) is -0.855. The van der Waals surface area contributed by atoms with Crippen LogP contribution in [0.4, 0.5) is 10.1 Å². The molecule has 0 saturated carbocycles. The molecule has 3 N–H and O–H groups in total. The number of para-hydroxylation sites is 1. The molecule has 0 aliphatic rings. The summed E-state index contributed by atoms with van der Waals surface area (Å²) < 4.78 is 13.6. The Labute approximate surface area is 200 Å². The molecular formula is C28H32FN3O2. The molecule has 0 saturated heterocycles. The molecule has 34 heavy (non-hydrogen) atoms. The van der Waals surface area contributed by atoms with E-state index in [1.165, 1.54) is 18.2 Å². The van der Waals surface area contributed by atoms with Crippen LogP contribution in [0.5, 0.6) is 0 Å². The second-order valence-electron chi connectivity index (χ2n) is 9.63. The molecule has 5 nitrogen and oxygen atoms in total. The van der Waals surface area contributed by atoms with Crippen LogP contribution in [0.2, 0.25) is 0 Å². The van der Waals surface area contributed by atoms with E-state index in [0.29, 0.717) is 31.7 Å². The summed E-state index contributed by atoms with van der Waals surface area (Å²) in [6.45, 7) is 7.27. The summed E-state index contributed by atoms with van der Waals surface area (Å²) in [6, 6.07) is 20.8. The van der Waals surface area contributed by atoms with E-state index in [-0.39, 0.29) is 16.9 Å². The summed E-state index contributed by atoms with van der Waals surface area (Å²) in [7, 11) is 0. The van der Waals surface area contributed by atoms with Gasteiger partial charge in [-0.1, -0.05) is 69.3 Å². The maximum Gasteiger partial charge on any atom is 0.255 e. The van der Waals surface area contributed by atoms with Crippen LogP contribution in [0.15, 0.2) is 72.8 Å². The largest absolute Gasteiger partial charge is 0.334 e. The molecule has 0 aliphatic heterocycles. The number of halogens is 1. The van der Waals surface area contributed by atoms with Crippen molar-refractivity contribution in [3.8, 4) is 0 Å². The van der Waals surface area contributed by atoms with Gasteiger partial charge >= 0.3 is 0 Å². The van der Waals surface area contributed by atoms with Crippen molar-refractivity contribution in [3.63, 3.8) is 0 Å². The molecule has 0 aliphatic carbocycles. The summed E-state index contributed by atoms with van der Waals surface area (Å²) >= 11 is 0. The van der Waals surface area contributed by atoms with E-state index in [9.17, 15) is 14.0 Å². The van der Waals surface area contributed by atoms with Crippen molar-refractivity contribution in [2.75, 3.05) is 5.32 Å². The lowest BCUT2D eigenvalue weighted by atomic mass is 9.91. The monoisotopic (exact) mass is 461 g/mol. The van der Waals surface area contributed by atoms with Crippen molar-refractivity contribution in [2.24, 2.45) is 11.1 Å². The zero-order valence-electron chi connectivity index (χ0n) is 20.0. The van der Waals surface area contributed by atoms with Gasteiger partial charge in [0, 0.05) is 37.3 Å². The van der Waals surface area contributed by atoms with Gasteiger partial charge in [-0.2, -0.15) is 0 Å². The molecule has 3 rings (SSSR count). The Morgan fingerprint density at radius 1 is 0.912 bits per heavy atom. The Morgan fingerprint density at radius 2 is 1.62 bits per heavy atom. The standard InChI is InChI=1S/C28H32FN3O2/c1-28(2,3)16-26(33)32(18-21-9-6-8-20(14-21)17-30)19-23-10-4-5-13-25(23)31-27(34)22-11-7-12-24(29)15-22/h4-15H,16-19,30H2,1-3H3,(H,31,34). The van der Waals surface area contributed by atoms with E-state index in [1.807, 2.05) is 63.2 Å². The van der Waals surface area contributed by atoms with Crippen LogP contribution >= 0.6 is 0 Å². The van der Waals surface area contributed by atoms with Crippen LogP contribution in [-0.4, -0.2) is 16.7 Å². The van der Waals surface area contributed by atoms with Crippen molar-refractivity contribution >= 4 is 17.5 Å². The van der Waals surface area contributed by atoms with Crippen molar-refractivity contribution in [2.45, 2.75) is 46.8 Å². The summed E-state index contributed by atoms with van der Waals surface area (Å²) in [6.07, 6.45) is 0.390. The third kappa shape index (κ3) is 7.25. The normalized spacial score (nSPS) is 11.2. The molecule has 3 aromatic carbocycles. The van der Waals surface area contributed by atoms with Gasteiger partial charge in [0.25, 0.3) is 5.91 Å². The molecule has 6 heteroatoms. The van der Waals surface area contributed by atoms with Crippen molar-refractivity contribution in [3.05, 3.63) is 101 Å². The molecule has 0 bridgehead atoms. The lowest BCUT2D eigenvalue weighted by Crippen LogP contribution is -2.33. The third-order valence-electron chi connectivity index (χ3n) is 5.35. The summed E-state index contributed by atoms with van der Waals surface area (Å²) in [4.78, 5) is 27.8. The first-order valence-corrected chi connectivity index (χ1v) is 11.3. The Bertz CT molecular complexity index is 1150. The number of carbonyl (C=O) groups excluding carboxylic acids is 2. The zero-order chi connectivity index (χ0) is 24.7. The zero-order valence-corrected chi connectivity index (χ0v) is 20.0. The van der Waals surface area contributed by atoms with Crippen molar-refractivity contribution < 1.29 is 14.0 Å². The van der Waals surface area contributed by atoms with E-state index in [4.69, 9.17) is 5.73 Å². The Morgan fingerprint density at radius 3 is 2.32 bits per heavy atom. The maximum atomic E-state index is 13.6. The molecule has 2 amide bonds. The number of nitrogens with zero attached hydrogens (tertiary/aromatic N) is 1. The topological polar surface area (TPSA) is 75.4 Å². The lowest BCUT2D eigenvalue weighted by Gasteiger charge is -2.28. The minimum atomic E-state index is -0.473. The van der Waals surface area contributed by atoms with Crippen LogP contribution in [0.25, 0.3) is 0 Å². The Kier molecular flexibility index (Phi) is 8.18. The van der Waals surface area contributed by atoms with Gasteiger partial charge < -0.3 is 16.0 Å². The molecule has 0 aromatic heterocycles. The SMILES string of the molecule is CC(C)(C)CC(=O)N(Cc1cccc(CN)c1)Cc1ccccc1NC(=O)c1cccc(F)c1. The van der Waals surface area contributed by atoms with Gasteiger partial charge in [0.1, 0.15) is 5.82 Å². The summed E-state index contributed by atoms with van der Waals surface area (Å²) in [5, 5.41) is 2.87. The molecule has 0 atom stereocenters. The molecule has 178 valence electrons. The van der Waals surface area contributed by atoms with Crippen LogP contribution in [0, 0.1) is 11.2 Å². The minimum absolute atomic E-state index is 0.0249. The van der Waals surface area contributed by atoms with Crippen LogP contribution in [0.1, 0.15) is 54.2 Å². The first-order valence-electron chi connectivity index (χ1n) is 11.3. The van der Waals surface area contributed by atoms with Gasteiger partial charge in [0.05, 0.1) is 0 Å². The highest BCUT2D eigenvalue weighted by atomic mass is 19.1. The smallest absolute Gasteiger partial charge is 0.255 e. The molecule has 0 heterocycles. The molecule has 0 spiro atoms. The predicted molar refractivity (Wildman–Crippen MR) is 133 cm³/mol. The molecular weight excluding hydrogens is 429 g/mol. The predicted octanol–water partition coefficient (Wildman–Crippen LogP) is 5.50. The molecule has 3 aromatic rings. The fraction of sp³-hybridized carbons (Fsp3) is 0.286. The van der Waals surface area contributed by atoms with Gasteiger partial charge in [0.15, 0.2) is 0 Å². The number of benzene rings is 3. The number of anilines is 1. The molecule has 0 unspecified atom stereocenters.